The molecule has 0 aliphatic rings. The molecule has 0 radical (unpaired) electrons. The number of nitrogens with zero attached hydrogens (tertiary/aromatic N) is 1. The van der Waals surface area contributed by atoms with Crippen LogP contribution < -0.4 is 4.72 Å². The Hall–Kier alpha value is -1.49. The summed E-state index contributed by atoms with van der Waals surface area (Å²) < 4.78 is 26.1. The molecule has 0 aliphatic heterocycles. The summed E-state index contributed by atoms with van der Waals surface area (Å²) in [7, 11) is -3.64. The minimum atomic E-state index is -3.64. The van der Waals surface area contributed by atoms with Gasteiger partial charge in [0, 0.05) is 6.04 Å². The van der Waals surface area contributed by atoms with Gasteiger partial charge in [-0.05, 0) is 26.0 Å². The molecule has 0 fully saturated rings. The number of aliphatic imine (C=N–C) groups is 1. The molecule has 86 valence electrons. The van der Waals surface area contributed by atoms with E-state index in [-0.39, 0.29) is 16.6 Å². The number of benzene rings is 1. The van der Waals surface area contributed by atoms with Crippen LogP contribution in [0.5, 0.6) is 0 Å². The van der Waals surface area contributed by atoms with E-state index in [1.165, 1.54) is 18.2 Å². The third-order valence-electron chi connectivity index (χ3n) is 1.71. The molecule has 0 spiro atoms. The molecule has 5 nitrogen and oxygen atoms in total. The van der Waals surface area contributed by atoms with Gasteiger partial charge >= 0.3 is 0 Å². The molecule has 0 heterocycles. The van der Waals surface area contributed by atoms with Gasteiger partial charge in [0.25, 0.3) is 0 Å². The molecule has 16 heavy (non-hydrogen) atoms. The minimum Gasteiger partial charge on any atom is -0.211 e. The lowest BCUT2D eigenvalue weighted by Gasteiger charge is -2.10. The number of hydrogen-bond acceptors (Lipinski definition) is 4. The third kappa shape index (κ3) is 3.00. The van der Waals surface area contributed by atoms with Crippen molar-refractivity contribution in [2.75, 3.05) is 0 Å². The highest BCUT2D eigenvalue weighted by Crippen LogP contribution is 2.23. The smallest absolute Gasteiger partial charge is 0.211 e. The maximum atomic E-state index is 11.8. The number of sulfonamides is 1. The summed E-state index contributed by atoms with van der Waals surface area (Å²) in [4.78, 5) is 13.5. The van der Waals surface area contributed by atoms with Gasteiger partial charge in [-0.1, -0.05) is 12.1 Å². The number of nitrogens with one attached hydrogen (secondary N) is 1. The van der Waals surface area contributed by atoms with Crippen LogP contribution in [0.4, 0.5) is 5.69 Å². The van der Waals surface area contributed by atoms with Crippen molar-refractivity contribution in [1.29, 1.82) is 0 Å². The molecule has 0 unspecified atom stereocenters. The summed E-state index contributed by atoms with van der Waals surface area (Å²) in [6.45, 7) is 3.42. The van der Waals surface area contributed by atoms with Gasteiger partial charge in [-0.3, -0.25) is 0 Å². The molecule has 0 aromatic heterocycles. The molecule has 6 heteroatoms. The van der Waals surface area contributed by atoms with Gasteiger partial charge in [-0.15, -0.1) is 0 Å². The van der Waals surface area contributed by atoms with Crippen LogP contribution in [0.3, 0.4) is 0 Å². The molecule has 0 aliphatic carbocycles. The van der Waals surface area contributed by atoms with Crippen molar-refractivity contribution in [2.24, 2.45) is 4.99 Å². The van der Waals surface area contributed by atoms with Crippen molar-refractivity contribution in [1.82, 2.24) is 4.72 Å². The number of rotatable bonds is 4. The van der Waals surface area contributed by atoms with E-state index in [9.17, 15) is 13.2 Å². The van der Waals surface area contributed by atoms with Crippen molar-refractivity contribution in [3.8, 4) is 0 Å². The Morgan fingerprint density at radius 1 is 1.31 bits per heavy atom. The van der Waals surface area contributed by atoms with Gasteiger partial charge in [0.05, 0.1) is 5.69 Å². The van der Waals surface area contributed by atoms with E-state index in [1.54, 1.807) is 26.0 Å². The molecule has 1 aromatic rings. The second kappa shape index (κ2) is 5.03. The number of carbonyl (C=O) groups excluding carboxylic acids is 1. The highest BCUT2D eigenvalue weighted by Gasteiger charge is 2.18. The summed E-state index contributed by atoms with van der Waals surface area (Å²) in [6.07, 6.45) is 1.33. The average Bonchev–Trinajstić information content (AvgIpc) is 2.17. The van der Waals surface area contributed by atoms with Crippen molar-refractivity contribution < 1.29 is 13.2 Å². The summed E-state index contributed by atoms with van der Waals surface area (Å²) in [5.74, 6) is 0. The second-order valence-corrected chi connectivity index (χ2v) is 5.13. The first-order valence-corrected chi connectivity index (χ1v) is 6.15. The summed E-state index contributed by atoms with van der Waals surface area (Å²) >= 11 is 0. The van der Waals surface area contributed by atoms with Gasteiger partial charge in [0.2, 0.25) is 16.1 Å². The zero-order valence-electron chi connectivity index (χ0n) is 8.97. The van der Waals surface area contributed by atoms with Gasteiger partial charge in [0.1, 0.15) is 4.90 Å². The largest absolute Gasteiger partial charge is 0.242 e. The molecule has 0 saturated carbocycles. The van der Waals surface area contributed by atoms with Crippen molar-refractivity contribution >= 4 is 21.8 Å². The zero-order valence-corrected chi connectivity index (χ0v) is 9.78. The molecule has 1 rings (SSSR count). The fourth-order valence-corrected chi connectivity index (χ4v) is 2.59. The highest BCUT2D eigenvalue weighted by molar-refractivity contribution is 7.89. The Bertz CT molecular complexity index is 517. The Balaban J connectivity index is 3.27. The van der Waals surface area contributed by atoms with Crippen LogP contribution in [0.15, 0.2) is 34.2 Å². The van der Waals surface area contributed by atoms with Gasteiger partial charge in [-0.2, -0.15) is 4.99 Å². The third-order valence-corrected chi connectivity index (χ3v) is 3.42. The Kier molecular flexibility index (Phi) is 3.95. The number of para-hydroxylation sites is 1. The van der Waals surface area contributed by atoms with Crippen molar-refractivity contribution in [2.45, 2.75) is 24.8 Å². The van der Waals surface area contributed by atoms with Gasteiger partial charge < -0.3 is 0 Å². The monoisotopic (exact) mass is 240 g/mol. The predicted molar refractivity (Wildman–Crippen MR) is 59.7 cm³/mol. The predicted octanol–water partition coefficient (Wildman–Crippen LogP) is 1.34. The van der Waals surface area contributed by atoms with Crippen molar-refractivity contribution in [3.63, 3.8) is 0 Å². The zero-order chi connectivity index (χ0) is 12.2. The number of isocyanates is 1. The van der Waals surface area contributed by atoms with E-state index in [1.807, 2.05) is 0 Å². The average molecular weight is 240 g/mol. The fraction of sp³-hybridized carbons (Fsp3) is 0.300. The second-order valence-electron chi connectivity index (χ2n) is 3.45. The maximum Gasteiger partial charge on any atom is 0.242 e. The molecular formula is C10H12N2O3S. The lowest BCUT2D eigenvalue weighted by molar-refractivity contribution is 0.565. The van der Waals surface area contributed by atoms with Crippen LogP contribution in [0.2, 0.25) is 0 Å². The first-order valence-electron chi connectivity index (χ1n) is 4.66. The molecule has 1 N–H and O–H groups in total. The van der Waals surface area contributed by atoms with E-state index in [4.69, 9.17) is 0 Å². The molecule has 0 saturated heterocycles. The topological polar surface area (TPSA) is 75.6 Å². The minimum absolute atomic E-state index is 0.0212. The highest BCUT2D eigenvalue weighted by atomic mass is 32.2. The standard InChI is InChI=1S/C10H12N2O3S/c1-8(2)12-16(14,15)10-6-4-3-5-9(10)11-7-13/h3-6,8,12H,1-2H3. The maximum absolute atomic E-state index is 11.8. The normalized spacial score (nSPS) is 11.2. The van der Waals surface area contributed by atoms with Crippen molar-refractivity contribution in [3.05, 3.63) is 24.3 Å². The van der Waals surface area contributed by atoms with E-state index < -0.39 is 10.0 Å². The molecular weight excluding hydrogens is 228 g/mol. The van der Waals surface area contributed by atoms with Crippen LogP contribution in [-0.4, -0.2) is 20.5 Å². The lowest BCUT2D eigenvalue weighted by Crippen LogP contribution is -2.30. The SMILES string of the molecule is CC(C)NS(=O)(=O)c1ccccc1N=C=O. The molecule has 0 amide bonds. The molecule has 0 bridgehead atoms. The Labute approximate surface area is 94.3 Å². The van der Waals surface area contributed by atoms with Crippen LogP contribution in [-0.2, 0) is 14.8 Å². The van der Waals surface area contributed by atoms with Crippen LogP contribution >= 0.6 is 0 Å². The quantitative estimate of drug-likeness (QED) is 0.637. The Morgan fingerprint density at radius 2 is 1.94 bits per heavy atom. The van der Waals surface area contributed by atoms with E-state index in [2.05, 4.69) is 9.71 Å². The van der Waals surface area contributed by atoms with E-state index in [0.29, 0.717) is 0 Å². The first-order chi connectivity index (χ1) is 7.47. The van der Waals surface area contributed by atoms with Crippen LogP contribution in [0.1, 0.15) is 13.8 Å². The van der Waals surface area contributed by atoms with Gasteiger partial charge in [-0.25, -0.2) is 17.9 Å². The van der Waals surface area contributed by atoms with E-state index >= 15 is 0 Å². The lowest BCUT2D eigenvalue weighted by atomic mass is 10.3. The summed E-state index contributed by atoms with van der Waals surface area (Å²) in [6, 6.07) is 5.78. The fourth-order valence-electron chi connectivity index (χ4n) is 1.20. The molecule has 1 aromatic carbocycles. The number of hydrogen-bond donors (Lipinski definition) is 1. The van der Waals surface area contributed by atoms with Crippen LogP contribution in [0.25, 0.3) is 0 Å². The van der Waals surface area contributed by atoms with Crippen LogP contribution in [0, 0.1) is 0 Å². The summed E-state index contributed by atoms with van der Waals surface area (Å²) in [5, 5.41) is 0. The Morgan fingerprint density at radius 3 is 2.50 bits per heavy atom. The summed E-state index contributed by atoms with van der Waals surface area (Å²) in [5.41, 5.74) is 0.0886. The van der Waals surface area contributed by atoms with Gasteiger partial charge in [0.15, 0.2) is 0 Å². The molecule has 0 atom stereocenters. The first kappa shape index (κ1) is 12.6. The van der Waals surface area contributed by atoms with E-state index in [0.717, 1.165) is 0 Å².